The molecular weight excluding hydrogens is 346 g/mol. The van der Waals surface area contributed by atoms with Gasteiger partial charge in [0.1, 0.15) is 11.6 Å². The number of hydrogen-bond acceptors (Lipinski definition) is 6. The van der Waals surface area contributed by atoms with E-state index in [1.807, 2.05) is 6.92 Å². The molecule has 1 N–H and O–H groups in total. The van der Waals surface area contributed by atoms with Crippen LogP contribution in [0.5, 0.6) is 0 Å². The van der Waals surface area contributed by atoms with Gasteiger partial charge in [-0.25, -0.2) is 15.0 Å². The van der Waals surface area contributed by atoms with Crippen molar-refractivity contribution < 1.29 is 9.72 Å². The van der Waals surface area contributed by atoms with Crippen LogP contribution in [0.4, 0.5) is 11.5 Å². The third-order valence-corrected chi connectivity index (χ3v) is 3.91. The average Bonchev–Trinajstić information content (AvgIpc) is 2.61. The lowest BCUT2D eigenvalue weighted by molar-refractivity contribution is -0.384. The van der Waals surface area contributed by atoms with Crippen LogP contribution in [0.1, 0.15) is 18.3 Å². The summed E-state index contributed by atoms with van der Waals surface area (Å²) in [5.74, 6) is 0.738. The van der Waals surface area contributed by atoms with Crippen molar-refractivity contribution in [3.8, 4) is 22.5 Å². The molecular formula is C19H17N5O3. The van der Waals surface area contributed by atoms with E-state index in [9.17, 15) is 14.9 Å². The van der Waals surface area contributed by atoms with Gasteiger partial charge in [0.05, 0.1) is 16.3 Å². The standard InChI is InChI=1S/C19H17N5O3/c1-11-4-5-15(24(26)27)9-16(11)18-10-17(21-12(2)22-18)14-6-7-20-19(8-14)23-13(3)25/h4-10H,1-3H3,(H,20,23,25). The van der Waals surface area contributed by atoms with Gasteiger partial charge >= 0.3 is 0 Å². The van der Waals surface area contributed by atoms with Crippen molar-refractivity contribution in [1.29, 1.82) is 0 Å². The SMILES string of the molecule is CC(=O)Nc1cc(-c2cc(-c3cc([N+](=O)[O-])ccc3C)nc(C)n2)ccn1. The Labute approximate surface area is 155 Å². The molecule has 3 aromatic rings. The van der Waals surface area contributed by atoms with Gasteiger partial charge in [-0.1, -0.05) is 6.07 Å². The topological polar surface area (TPSA) is 111 Å². The highest BCUT2D eigenvalue weighted by Crippen LogP contribution is 2.29. The second-order valence-electron chi connectivity index (χ2n) is 6.05. The number of carbonyl (C=O) groups excluding carboxylic acids is 1. The van der Waals surface area contributed by atoms with Gasteiger partial charge in [0.15, 0.2) is 0 Å². The van der Waals surface area contributed by atoms with E-state index in [-0.39, 0.29) is 11.6 Å². The largest absolute Gasteiger partial charge is 0.311 e. The van der Waals surface area contributed by atoms with Crippen molar-refractivity contribution in [1.82, 2.24) is 15.0 Å². The van der Waals surface area contributed by atoms with Crippen LogP contribution in [0.2, 0.25) is 0 Å². The second-order valence-corrected chi connectivity index (χ2v) is 6.05. The first-order valence-corrected chi connectivity index (χ1v) is 8.18. The monoisotopic (exact) mass is 363 g/mol. The lowest BCUT2D eigenvalue weighted by atomic mass is 10.0. The molecule has 8 nitrogen and oxygen atoms in total. The van der Waals surface area contributed by atoms with Gasteiger partial charge in [-0.3, -0.25) is 14.9 Å². The molecule has 0 radical (unpaired) electrons. The van der Waals surface area contributed by atoms with Crippen molar-refractivity contribution in [2.24, 2.45) is 0 Å². The molecule has 0 aliphatic carbocycles. The smallest absolute Gasteiger partial charge is 0.270 e. The van der Waals surface area contributed by atoms with E-state index in [1.54, 1.807) is 37.4 Å². The summed E-state index contributed by atoms with van der Waals surface area (Å²) in [6, 6.07) is 9.94. The van der Waals surface area contributed by atoms with Gasteiger partial charge in [-0.15, -0.1) is 0 Å². The predicted molar refractivity (Wildman–Crippen MR) is 101 cm³/mol. The van der Waals surface area contributed by atoms with Crippen molar-refractivity contribution in [2.45, 2.75) is 20.8 Å². The van der Waals surface area contributed by atoms with Crippen LogP contribution in [0.15, 0.2) is 42.6 Å². The summed E-state index contributed by atoms with van der Waals surface area (Å²) in [5, 5.41) is 13.7. The fourth-order valence-electron chi connectivity index (χ4n) is 2.69. The van der Waals surface area contributed by atoms with E-state index < -0.39 is 4.92 Å². The van der Waals surface area contributed by atoms with Gasteiger partial charge in [-0.2, -0.15) is 0 Å². The molecule has 0 bridgehead atoms. The number of nitrogens with one attached hydrogen (secondary N) is 1. The number of pyridine rings is 1. The number of amides is 1. The molecule has 2 aromatic heterocycles. The minimum atomic E-state index is -0.430. The van der Waals surface area contributed by atoms with Crippen LogP contribution in [0.25, 0.3) is 22.5 Å². The van der Waals surface area contributed by atoms with Crippen molar-refractivity contribution in [2.75, 3.05) is 5.32 Å². The zero-order chi connectivity index (χ0) is 19.6. The quantitative estimate of drug-likeness (QED) is 0.559. The molecule has 0 aliphatic rings. The number of carbonyl (C=O) groups is 1. The Hall–Kier alpha value is -3.68. The highest BCUT2D eigenvalue weighted by Gasteiger charge is 2.14. The number of nitro groups is 1. The number of rotatable bonds is 4. The molecule has 0 aliphatic heterocycles. The summed E-state index contributed by atoms with van der Waals surface area (Å²) < 4.78 is 0. The number of aryl methyl sites for hydroxylation is 2. The fraction of sp³-hybridized carbons (Fsp3) is 0.158. The normalized spacial score (nSPS) is 10.5. The van der Waals surface area contributed by atoms with Gasteiger partial charge in [-0.05, 0) is 37.6 Å². The average molecular weight is 363 g/mol. The van der Waals surface area contributed by atoms with Crippen LogP contribution in [0, 0.1) is 24.0 Å². The molecule has 0 atom stereocenters. The maximum Gasteiger partial charge on any atom is 0.270 e. The second kappa shape index (κ2) is 7.28. The maximum atomic E-state index is 11.2. The summed E-state index contributed by atoms with van der Waals surface area (Å²) in [7, 11) is 0. The summed E-state index contributed by atoms with van der Waals surface area (Å²) in [6.45, 7) is 5.04. The van der Waals surface area contributed by atoms with E-state index >= 15 is 0 Å². The summed E-state index contributed by atoms with van der Waals surface area (Å²) in [6.07, 6.45) is 1.58. The van der Waals surface area contributed by atoms with E-state index in [0.717, 1.165) is 11.1 Å². The summed E-state index contributed by atoms with van der Waals surface area (Å²) in [5.41, 5.74) is 3.54. The number of benzene rings is 1. The highest BCUT2D eigenvalue weighted by molar-refractivity contribution is 5.88. The van der Waals surface area contributed by atoms with Crippen LogP contribution in [0.3, 0.4) is 0 Å². The third kappa shape index (κ3) is 4.12. The summed E-state index contributed by atoms with van der Waals surface area (Å²) >= 11 is 0. The lowest BCUT2D eigenvalue weighted by Crippen LogP contribution is -2.07. The van der Waals surface area contributed by atoms with Crippen molar-refractivity contribution >= 4 is 17.4 Å². The van der Waals surface area contributed by atoms with E-state index in [2.05, 4.69) is 20.3 Å². The van der Waals surface area contributed by atoms with E-state index in [1.165, 1.54) is 19.1 Å². The first kappa shape index (κ1) is 18.1. The van der Waals surface area contributed by atoms with Gasteiger partial charge in [0.2, 0.25) is 5.91 Å². The molecule has 1 amide bonds. The Morgan fingerprint density at radius 3 is 2.52 bits per heavy atom. The zero-order valence-electron chi connectivity index (χ0n) is 15.1. The van der Waals surface area contributed by atoms with Gasteiger partial charge in [0.25, 0.3) is 5.69 Å². The lowest BCUT2D eigenvalue weighted by Gasteiger charge is -2.10. The molecule has 0 saturated carbocycles. The number of aromatic nitrogens is 3. The number of nitrogens with zero attached hydrogens (tertiary/aromatic N) is 4. The molecule has 3 rings (SSSR count). The molecule has 136 valence electrons. The molecule has 27 heavy (non-hydrogen) atoms. The Bertz CT molecular complexity index is 1050. The molecule has 0 saturated heterocycles. The Balaban J connectivity index is 2.10. The Kier molecular flexibility index (Phi) is 4.89. The molecule has 1 aromatic carbocycles. The minimum Gasteiger partial charge on any atom is -0.311 e. The first-order chi connectivity index (χ1) is 12.8. The first-order valence-electron chi connectivity index (χ1n) is 8.18. The maximum absolute atomic E-state index is 11.2. The molecule has 2 heterocycles. The molecule has 0 unspecified atom stereocenters. The van der Waals surface area contributed by atoms with Crippen LogP contribution in [-0.2, 0) is 4.79 Å². The zero-order valence-corrected chi connectivity index (χ0v) is 15.1. The molecule has 8 heteroatoms. The number of anilines is 1. The molecule has 0 spiro atoms. The van der Waals surface area contributed by atoms with Gasteiger partial charge in [0, 0.05) is 36.4 Å². The predicted octanol–water partition coefficient (Wildman–Crippen LogP) is 3.69. The summed E-state index contributed by atoms with van der Waals surface area (Å²) in [4.78, 5) is 34.9. The third-order valence-electron chi connectivity index (χ3n) is 3.91. The minimum absolute atomic E-state index is 0.00488. The van der Waals surface area contributed by atoms with Gasteiger partial charge < -0.3 is 5.32 Å². The van der Waals surface area contributed by atoms with Crippen LogP contribution in [-0.4, -0.2) is 25.8 Å². The number of non-ortho nitro benzene ring substituents is 1. The van der Waals surface area contributed by atoms with Crippen molar-refractivity contribution in [3.05, 3.63) is 64.1 Å². The highest BCUT2D eigenvalue weighted by atomic mass is 16.6. The number of hydrogen-bond donors (Lipinski definition) is 1. The molecule has 0 fully saturated rings. The van der Waals surface area contributed by atoms with E-state index in [4.69, 9.17) is 0 Å². The van der Waals surface area contributed by atoms with E-state index in [0.29, 0.717) is 28.6 Å². The van der Waals surface area contributed by atoms with Crippen LogP contribution >= 0.6 is 0 Å². The fourth-order valence-corrected chi connectivity index (χ4v) is 2.69. The van der Waals surface area contributed by atoms with Crippen molar-refractivity contribution in [3.63, 3.8) is 0 Å². The Morgan fingerprint density at radius 1 is 1.07 bits per heavy atom. The number of nitro benzene ring substituents is 1. The Morgan fingerprint density at radius 2 is 1.81 bits per heavy atom. The van der Waals surface area contributed by atoms with Crippen LogP contribution < -0.4 is 5.32 Å².